The van der Waals surface area contributed by atoms with Gasteiger partial charge < -0.3 is 5.32 Å². The summed E-state index contributed by atoms with van der Waals surface area (Å²) in [6.07, 6.45) is 0.718. The van der Waals surface area contributed by atoms with Gasteiger partial charge in [0.2, 0.25) is 0 Å². The molecule has 21 heavy (non-hydrogen) atoms. The molecule has 2 rings (SSSR count). The predicted octanol–water partition coefficient (Wildman–Crippen LogP) is 3.88. The summed E-state index contributed by atoms with van der Waals surface area (Å²) in [5.74, 6) is 0. The molecule has 5 nitrogen and oxygen atoms in total. The fourth-order valence-corrected chi connectivity index (χ4v) is 2.25. The average Bonchev–Trinajstić information content (AvgIpc) is 2.48. The molecule has 2 aromatic rings. The number of hydrogen-bond acceptors (Lipinski definition) is 4. The van der Waals surface area contributed by atoms with Gasteiger partial charge in [0.15, 0.2) is 0 Å². The number of non-ortho nitro benzene ring substituents is 1. The quantitative estimate of drug-likeness (QED) is 0.658. The minimum absolute atomic E-state index is 0.0884. The highest BCUT2D eigenvalue weighted by Gasteiger charge is 2.05. The predicted molar refractivity (Wildman–Crippen MR) is 84.1 cm³/mol. The molecule has 0 unspecified atom stereocenters. The summed E-state index contributed by atoms with van der Waals surface area (Å²) < 4.78 is 0.902. The van der Waals surface area contributed by atoms with Gasteiger partial charge >= 0.3 is 0 Å². The van der Waals surface area contributed by atoms with Crippen LogP contribution in [-0.4, -0.2) is 11.5 Å². The zero-order valence-electron chi connectivity index (χ0n) is 11.0. The number of hydrogen-bond donors (Lipinski definition) is 1. The van der Waals surface area contributed by atoms with Crippen molar-refractivity contribution in [3.05, 3.63) is 68.2 Å². The molecule has 0 aliphatic heterocycles. The molecule has 0 atom stereocenters. The highest BCUT2D eigenvalue weighted by Crippen LogP contribution is 2.21. The Labute approximate surface area is 130 Å². The molecule has 0 aliphatic carbocycles. The first-order valence-electron chi connectivity index (χ1n) is 6.27. The first kappa shape index (κ1) is 15.0. The van der Waals surface area contributed by atoms with Crippen molar-refractivity contribution in [3.63, 3.8) is 0 Å². The summed E-state index contributed by atoms with van der Waals surface area (Å²) in [6.45, 7) is 0.642. The molecular weight excluding hydrogens is 334 g/mol. The standard InChI is InChI=1S/C15H12BrN3O2/c16-13-4-3-12(10-17)15(9-13)18-8-7-11-1-5-14(6-2-11)19(20)21/h1-6,9,18H,7-8H2. The summed E-state index contributed by atoms with van der Waals surface area (Å²) in [5.41, 5.74) is 2.45. The van der Waals surface area contributed by atoms with Crippen LogP contribution >= 0.6 is 15.9 Å². The Balaban J connectivity index is 1.97. The lowest BCUT2D eigenvalue weighted by molar-refractivity contribution is -0.384. The van der Waals surface area contributed by atoms with E-state index in [-0.39, 0.29) is 5.69 Å². The molecule has 0 amide bonds. The Morgan fingerprint density at radius 1 is 1.24 bits per heavy atom. The van der Waals surface area contributed by atoms with Crippen molar-refractivity contribution < 1.29 is 4.92 Å². The van der Waals surface area contributed by atoms with Crippen LogP contribution in [-0.2, 0) is 6.42 Å². The van der Waals surface area contributed by atoms with E-state index in [1.807, 2.05) is 12.1 Å². The van der Waals surface area contributed by atoms with Gasteiger partial charge in [0.25, 0.3) is 5.69 Å². The molecule has 6 heteroatoms. The highest BCUT2D eigenvalue weighted by atomic mass is 79.9. The van der Waals surface area contributed by atoms with Crippen molar-refractivity contribution >= 4 is 27.3 Å². The second-order valence-corrected chi connectivity index (χ2v) is 5.32. The monoisotopic (exact) mass is 345 g/mol. The molecule has 0 bridgehead atoms. The second kappa shape index (κ2) is 6.86. The first-order chi connectivity index (χ1) is 10.1. The highest BCUT2D eigenvalue weighted by molar-refractivity contribution is 9.10. The minimum atomic E-state index is -0.414. The number of rotatable bonds is 5. The van der Waals surface area contributed by atoms with Crippen LogP contribution in [0, 0.1) is 21.4 Å². The van der Waals surface area contributed by atoms with Gasteiger partial charge in [0.05, 0.1) is 16.2 Å². The fraction of sp³-hybridized carbons (Fsp3) is 0.133. The van der Waals surface area contributed by atoms with Crippen molar-refractivity contribution in [1.82, 2.24) is 0 Å². The zero-order chi connectivity index (χ0) is 15.2. The number of nitro benzene ring substituents is 1. The molecule has 0 fully saturated rings. The van der Waals surface area contributed by atoms with E-state index in [0.717, 1.165) is 22.1 Å². The summed E-state index contributed by atoms with van der Waals surface area (Å²) in [4.78, 5) is 10.2. The van der Waals surface area contributed by atoms with E-state index < -0.39 is 4.92 Å². The Morgan fingerprint density at radius 3 is 2.57 bits per heavy atom. The largest absolute Gasteiger partial charge is 0.384 e. The Kier molecular flexibility index (Phi) is 4.90. The third-order valence-corrected chi connectivity index (χ3v) is 3.47. The van der Waals surface area contributed by atoms with Gasteiger partial charge in [-0.25, -0.2) is 0 Å². The van der Waals surface area contributed by atoms with Gasteiger partial charge in [-0.2, -0.15) is 5.26 Å². The van der Waals surface area contributed by atoms with Crippen molar-refractivity contribution in [3.8, 4) is 6.07 Å². The van der Waals surface area contributed by atoms with E-state index in [1.54, 1.807) is 18.2 Å². The lowest BCUT2D eigenvalue weighted by Crippen LogP contribution is -2.06. The second-order valence-electron chi connectivity index (χ2n) is 4.40. The van der Waals surface area contributed by atoms with Crippen LogP contribution < -0.4 is 5.32 Å². The number of benzene rings is 2. The van der Waals surface area contributed by atoms with Crippen LogP contribution in [0.3, 0.4) is 0 Å². The fourth-order valence-electron chi connectivity index (χ4n) is 1.89. The summed E-state index contributed by atoms with van der Waals surface area (Å²) in [5, 5.41) is 22.8. The molecule has 0 aliphatic rings. The van der Waals surface area contributed by atoms with E-state index in [0.29, 0.717) is 12.1 Å². The molecule has 0 aromatic heterocycles. The molecule has 0 saturated carbocycles. The summed E-state index contributed by atoms with van der Waals surface area (Å²) >= 11 is 3.37. The van der Waals surface area contributed by atoms with Crippen LogP contribution in [0.4, 0.5) is 11.4 Å². The maximum atomic E-state index is 10.6. The molecule has 0 saturated heterocycles. The summed E-state index contributed by atoms with van der Waals surface area (Å²) in [6, 6.07) is 14.0. The molecule has 0 spiro atoms. The van der Waals surface area contributed by atoms with Crippen molar-refractivity contribution in [2.45, 2.75) is 6.42 Å². The molecule has 106 valence electrons. The van der Waals surface area contributed by atoms with E-state index in [4.69, 9.17) is 5.26 Å². The number of nitriles is 1. The van der Waals surface area contributed by atoms with E-state index in [2.05, 4.69) is 27.3 Å². The Morgan fingerprint density at radius 2 is 1.95 bits per heavy atom. The van der Waals surface area contributed by atoms with Crippen molar-refractivity contribution in [1.29, 1.82) is 5.26 Å². The van der Waals surface area contributed by atoms with Gasteiger partial charge in [0.1, 0.15) is 6.07 Å². The average molecular weight is 346 g/mol. The Bertz CT molecular complexity index is 693. The molecule has 1 N–H and O–H groups in total. The van der Waals surface area contributed by atoms with E-state index in [1.165, 1.54) is 12.1 Å². The zero-order valence-corrected chi connectivity index (χ0v) is 12.6. The number of halogens is 1. The van der Waals surface area contributed by atoms with Gasteiger partial charge in [0, 0.05) is 23.2 Å². The molecule has 2 aromatic carbocycles. The third-order valence-electron chi connectivity index (χ3n) is 2.98. The van der Waals surface area contributed by atoms with Crippen molar-refractivity contribution in [2.24, 2.45) is 0 Å². The number of nitrogens with one attached hydrogen (secondary N) is 1. The van der Waals surface area contributed by atoms with Gasteiger partial charge in [-0.15, -0.1) is 0 Å². The first-order valence-corrected chi connectivity index (χ1v) is 7.06. The lowest BCUT2D eigenvalue weighted by atomic mass is 10.1. The van der Waals surface area contributed by atoms with Gasteiger partial charge in [-0.1, -0.05) is 28.1 Å². The van der Waals surface area contributed by atoms with Crippen LogP contribution in [0.2, 0.25) is 0 Å². The van der Waals surface area contributed by atoms with Gasteiger partial charge in [-0.05, 0) is 30.2 Å². The minimum Gasteiger partial charge on any atom is -0.384 e. The van der Waals surface area contributed by atoms with Crippen molar-refractivity contribution in [2.75, 3.05) is 11.9 Å². The number of nitrogens with zero attached hydrogens (tertiary/aromatic N) is 2. The van der Waals surface area contributed by atoms with Crippen LogP contribution in [0.25, 0.3) is 0 Å². The molecule has 0 radical (unpaired) electrons. The number of anilines is 1. The number of nitro groups is 1. The van der Waals surface area contributed by atoms with Crippen LogP contribution in [0.1, 0.15) is 11.1 Å². The maximum Gasteiger partial charge on any atom is 0.269 e. The Hall–Kier alpha value is -2.39. The van der Waals surface area contributed by atoms with Gasteiger partial charge in [-0.3, -0.25) is 10.1 Å². The molecule has 0 heterocycles. The molecular formula is C15H12BrN3O2. The smallest absolute Gasteiger partial charge is 0.269 e. The third kappa shape index (κ3) is 4.04. The van der Waals surface area contributed by atoms with Crippen LogP contribution in [0.15, 0.2) is 46.9 Å². The van der Waals surface area contributed by atoms with E-state index >= 15 is 0 Å². The normalized spacial score (nSPS) is 9.90. The maximum absolute atomic E-state index is 10.6. The summed E-state index contributed by atoms with van der Waals surface area (Å²) in [7, 11) is 0. The van der Waals surface area contributed by atoms with Crippen LogP contribution in [0.5, 0.6) is 0 Å². The SMILES string of the molecule is N#Cc1ccc(Br)cc1NCCc1ccc([N+](=O)[O-])cc1. The van der Waals surface area contributed by atoms with E-state index in [9.17, 15) is 10.1 Å². The topological polar surface area (TPSA) is 79.0 Å². The lowest BCUT2D eigenvalue weighted by Gasteiger charge is -2.08.